The first-order valence-corrected chi connectivity index (χ1v) is 11.4. The van der Waals surface area contributed by atoms with Crippen molar-refractivity contribution in [3.8, 4) is 11.3 Å². The number of hydrogen-bond donors (Lipinski definition) is 5. The number of ketones is 1. The summed E-state index contributed by atoms with van der Waals surface area (Å²) in [4.78, 5) is 51.1. The Morgan fingerprint density at radius 3 is 2.00 bits per heavy atom. The number of urea groups is 1. The van der Waals surface area contributed by atoms with Gasteiger partial charge in [-0.3, -0.25) is 23.9 Å². The number of nitrogens with one attached hydrogen (secondary N) is 1. The zero-order valence-electron chi connectivity index (χ0n) is 20.6. The Kier molecular flexibility index (Phi) is 9.78. The monoisotopic (exact) mass is 542 g/mol. The van der Waals surface area contributed by atoms with Crippen LogP contribution in [0.5, 0.6) is 0 Å². The Bertz CT molecular complexity index is 1200. The summed E-state index contributed by atoms with van der Waals surface area (Å²) in [6.07, 6.45) is -5.21. The summed E-state index contributed by atoms with van der Waals surface area (Å²) in [5, 5.41) is 31.4. The predicted octanol–water partition coefficient (Wildman–Crippen LogP) is 0.388. The number of nitrogens with zero attached hydrogens (tertiary/aromatic N) is 2. The lowest BCUT2D eigenvalue weighted by atomic mass is 9.99. The molecule has 6 N–H and O–H groups in total. The molecule has 3 amide bonds. The van der Waals surface area contributed by atoms with Gasteiger partial charge in [-0.05, 0) is 23.6 Å². The van der Waals surface area contributed by atoms with Crippen LogP contribution in [0, 0.1) is 5.92 Å². The molecule has 2 rings (SSSR count). The number of aliphatic hydroxyl groups excluding tert-OH is 3. The van der Waals surface area contributed by atoms with Crippen LogP contribution in [0.15, 0.2) is 47.3 Å². The molecule has 38 heavy (non-hydrogen) atoms. The van der Waals surface area contributed by atoms with E-state index in [1.165, 1.54) is 19.9 Å². The van der Waals surface area contributed by atoms with E-state index in [0.717, 1.165) is 10.6 Å². The zero-order chi connectivity index (χ0) is 28.8. The van der Waals surface area contributed by atoms with E-state index in [1.807, 2.05) is 5.32 Å². The fraction of sp³-hybridized carbons (Fsp3) is 0.417. The molecule has 1 aromatic heterocycles. The van der Waals surface area contributed by atoms with Crippen LogP contribution in [-0.2, 0) is 16.1 Å². The van der Waals surface area contributed by atoms with Gasteiger partial charge in [-0.1, -0.05) is 44.2 Å². The number of pyridine rings is 1. The number of amides is 3. The van der Waals surface area contributed by atoms with Gasteiger partial charge < -0.3 is 26.4 Å². The fourth-order valence-electron chi connectivity index (χ4n) is 3.80. The van der Waals surface area contributed by atoms with Crippen LogP contribution in [0.25, 0.3) is 11.3 Å². The summed E-state index contributed by atoms with van der Waals surface area (Å²) in [6, 6.07) is 7.29. The van der Waals surface area contributed by atoms with Gasteiger partial charge in [0.25, 0.3) is 11.3 Å². The molecule has 14 heteroatoms. The molecular formula is C24H29F3N4O7. The number of aromatic nitrogens is 1. The summed E-state index contributed by atoms with van der Waals surface area (Å²) in [7, 11) is 0. The molecule has 0 saturated heterocycles. The number of rotatable bonds is 11. The Morgan fingerprint density at radius 2 is 1.55 bits per heavy atom. The summed E-state index contributed by atoms with van der Waals surface area (Å²) in [5.41, 5.74) is 2.26. The maximum atomic E-state index is 13.6. The lowest BCUT2D eigenvalue weighted by Crippen LogP contribution is -2.62. The number of carbonyl (C=O) groups is 3. The van der Waals surface area contributed by atoms with E-state index in [9.17, 15) is 47.7 Å². The van der Waals surface area contributed by atoms with Crippen LogP contribution in [0.4, 0.5) is 23.7 Å². The van der Waals surface area contributed by atoms with Gasteiger partial charge >= 0.3 is 12.2 Å². The van der Waals surface area contributed by atoms with Crippen molar-refractivity contribution in [2.45, 2.75) is 38.1 Å². The zero-order valence-corrected chi connectivity index (χ0v) is 20.6. The third kappa shape index (κ3) is 6.38. The van der Waals surface area contributed by atoms with Crippen LogP contribution in [0.3, 0.4) is 0 Å². The SMILES string of the molecule is CC(C)C(NC(=O)Cn1c(-c2ccccc2)ccc(N(C(N)=O)C(CO)(CO)CO)c1=O)C(=O)C(F)(F)F. The van der Waals surface area contributed by atoms with E-state index in [1.54, 1.807) is 30.3 Å². The van der Waals surface area contributed by atoms with E-state index < -0.39 is 79.0 Å². The van der Waals surface area contributed by atoms with Gasteiger partial charge in [-0.15, -0.1) is 0 Å². The minimum atomic E-state index is -5.21. The highest BCUT2D eigenvalue weighted by Gasteiger charge is 2.45. The largest absolute Gasteiger partial charge is 0.452 e. The van der Waals surface area contributed by atoms with Crippen LogP contribution in [0.1, 0.15) is 13.8 Å². The van der Waals surface area contributed by atoms with E-state index in [-0.39, 0.29) is 5.69 Å². The van der Waals surface area contributed by atoms with Crippen molar-refractivity contribution in [1.29, 1.82) is 0 Å². The van der Waals surface area contributed by atoms with E-state index in [2.05, 4.69) is 0 Å². The van der Waals surface area contributed by atoms with Crippen molar-refractivity contribution in [3.63, 3.8) is 0 Å². The van der Waals surface area contributed by atoms with Gasteiger partial charge in [-0.2, -0.15) is 13.2 Å². The second-order valence-corrected chi connectivity index (χ2v) is 8.88. The maximum Gasteiger partial charge on any atom is 0.452 e. The molecule has 0 aliphatic carbocycles. The molecule has 208 valence electrons. The normalized spacial score (nSPS) is 12.8. The Balaban J connectivity index is 2.68. The molecule has 0 aliphatic rings. The molecule has 1 aromatic carbocycles. The number of carbonyl (C=O) groups excluding carboxylic acids is 3. The molecular weight excluding hydrogens is 513 g/mol. The highest BCUT2D eigenvalue weighted by Crippen LogP contribution is 2.25. The number of anilines is 1. The Morgan fingerprint density at radius 1 is 1.00 bits per heavy atom. The number of benzene rings is 1. The standard InChI is InChI=1S/C24H29F3N4O7/c1-14(2)19(20(36)24(25,26)27)29-18(35)10-30-16(15-6-4-3-5-7-15)8-9-17(21(30)37)31(22(28)38)23(11-32,12-33)13-34/h3-9,14,19,32-34H,10-13H2,1-2H3,(H2,28,38)(H,29,35). The third-order valence-corrected chi connectivity index (χ3v) is 5.89. The number of aliphatic hydroxyl groups is 3. The summed E-state index contributed by atoms with van der Waals surface area (Å²) in [5.74, 6) is -4.21. The average molecular weight is 543 g/mol. The van der Waals surface area contributed by atoms with Gasteiger partial charge in [0.05, 0.1) is 31.6 Å². The lowest BCUT2D eigenvalue weighted by Gasteiger charge is -2.38. The molecule has 0 saturated carbocycles. The van der Waals surface area contributed by atoms with Crippen LogP contribution in [0.2, 0.25) is 0 Å². The number of nitrogens with two attached hydrogens (primary N) is 1. The number of primary amides is 1. The molecule has 0 radical (unpaired) electrons. The minimum Gasteiger partial charge on any atom is -0.394 e. The quantitative estimate of drug-likeness (QED) is 0.273. The van der Waals surface area contributed by atoms with Gasteiger partial charge in [-0.25, -0.2) is 4.79 Å². The van der Waals surface area contributed by atoms with Crippen molar-refractivity contribution in [2.24, 2.45) is 11.7 Å². The van der Waals surface area contributed by atoms with Crippen LogP contribution >= 0.6 is 0 Å². The van der Waals surface area contributed by atoms with Gasteiger partial charge in [0.1, 0.15) is 17.8 Å². The molecule has 1 unspecified atom stereocenters. The maximum absolute atomic E-state index is 13.6. The van der Waals surface area contributed by atoms with Gasteiger partial charge in [0, 0.05) is 0 Å². The van der Waals surface area contributed by atoms with Crippen molar-refractivity contribution in [1.82, 2.24) is 9.88 Å². The summed E-state index contributed by atoms with van der Waals surface area (Å²) < 4.78 is 40.0. The molecule has 0 bridgehead atoms. The topological polar surface area (TPSA) is 175 Å². The van der Waals surface area contributed by atoms with Crippen molar-refractivity contribution in [3.05, 3.63) is 52.8 Å². The first kappa shape index (κ1) is 30.5. The molecule has 0 fully saturated rings. The van der Waals surface area contributed by atoms with Crippen molar-refractivity contribution >= 4 is 23.4 Å². The second-order valence-electron chi connectivity index (χ2n) is 8.88. The molecule has 11 nitrogen and oxygen atoms in total. The molecule has 1 heterocycles. The van der Waals surface area contributed by atoms with Crippen molar-refractivity contribution < 1.29 is 42.9 Å². The number of Topliss-reactive ketones (excluding diaryl/α,β-unsaturated/α-hetero) is 1. The van der Waals surface area contributed by atoms with Crippen LogP contribution in [-0.4, -0.2) is 75.2 Å². The molecule has 0 aliphatic heterocycles. The van der Waals surface area contributed by atoms with Crippen LogP contribution < -0.4 is 21.5 Å². The molecule has 1 atom stereocenters. The number of alkyl halides is 3. The summed E-state index contributed by atoms with van der Waals surface area (Å²) >= 11 is 0. The smallest absolute Gasteiger partial charge is 0.394 e. The second kappa shape index (κ2) is 12.2. The minimum absolute atomic E-state index is 0.116. The third-order valence-electron chi connectivity index (χ3n) is 5.89. The molecule has 0 spiro atoms. The highest BCUT2D eigenvalue weighted by molar-refractivity contribution is 5.94. The van der Waals surface area contributed by atoms with Gasteiger partial charge in [0.15, 0.2) is 0 Å². The highest BCUT2D eigenvalue weighted by atomic mass is 19.4. The van der Waals surface area contributed by atoms with E-state index in [0.29, 0.717) is 10.5 Å². The summed E-state index contributed by atoms with van der Waals surface area (Å²) in [6.45, 7) is -1.27. The Labute approximate surface area is 215 Å². The fourth-order valence-corrected chi connectivity index (χ4v) is 3.80. The van der Waals surface area contributed by atoms with E-state index in [4.69, 9.17) is 5.73 Å². The predicted molar refractivity (Wildman–Crippen MR) is 130 cm³/mol. The first-order valence-electron chi connectivity index (χ1n) is 11.4. The lowest BCUT2D eigenvalue weighted by molar-refractivity contribution is -0.174. The number of halogens is 3. The van der Waals surface area contributed by atoms with E-state index >= 15 is 0 Å². The number of hydrogen-bond acceptors (Lipinski definition) is 7. The van der Waals surface area contributed by atoms with Crippen molar-refractivity contribution in [2.75, 3.05) is 24.7 Å². The average Bonchev–Trinajstić information content (AvgIpc) is 2.87. The Hall–Kier alpha value is -3.75. The molecule has 2 aromatic rings. The first-order chi connectivity index (χ1) is 17.7. The van der Waals surface area contributed by atoms with Gasteiger partial charge in [0.2, 0.25) is 5.91 Å².